The van der Waals surface area contributed by atoms with Crippen LogP contribution in [0.1, 0.15) is 44.6 Å². The van der Waals surface area contributed by atoms with Gasteiger partial charge in [0.15, 0.2) is 0 Å². The van der Waals surface area contributed by atoms with Gasteiger partial charge in [-0.3, -0.25) is 24.3 Å². The number of rotatable bonds is 11. The predicted molar refractivity (Wildman–Crippen MR) is 186 cm³/mol. The summed E-state index contributed by atoms with van der Waals surface area (Å²) >= 11 is 13.3. The Hall–Kier alpha value is -3.81. The molecule has 2 aromatic rings. The maximum absolute atomic E-state index is 13.8. The molecule has 3 unspecified atom stereocenters. The van der Waals surface area contributed by atoms with Crippen LogP contribution in [-0.4, -0.2) is 115 Å². The molecule has 1 aromatic carbocycles. The molecule has 1 N–H and O–H groups in total. The fourth-order valence-corrected chi connectivity index (χ4v) is 7.44. The van der Waals surface area contributed by atoms with Gasteiger partial charge in [-0.1, -0.05) is 49.5 Å². The third-order valence-electron chi connectivity index (χ3n) is 9.41. The van der Waals surface area contributed by atoms with E-state index in [9.17, 15) is 14.4 Å². The molecular weight excluding hydrogens is 659 g/mol. The average Bonchev–Trinajstić information content (AvgIpc) is 3.50. The van der Waals surface area contributed by atoms with Crippen LogP contribution in [0.4, 0.5) is 22.2 Å². The van der Waals surface area contributed by atoms with Crippen LogP contribution in [0.25, 0.3) is 0 Å². The van der Waals surface area contributed by atoms with E-state index in [-0.39, 0.29) is 58.2 Å². The van der Waals surface area contributed by atoms with Crippen molar-refractivity contribution >= 4 is 58.5 Å². The fraction of sp³-hybridized carbons (Fsp3) is 0.545. The van der Waals surface area contributed by atoms with E-state index in [0.717, 1.165) is 38.6 Å². The minimum Gasteiger partial charge on any atom is -0.495 e. The van der Waals surface area contributed by atoms with Gasteiger partial charge in [-0.2, -0.15) is 4.98 Å². The lowest BCUT2D eigenvalue weighted by molar-refractivity contribution is -0.137. The van der Waals surface area contributed by atoms with Gasteiger partial charge in [0.05, 0.1) is 44.6 Å². The number of hydrogen-bond acceptors (Lipinski definition) is 9. The van der Waals surface area contributed by atoms with Crippen molar-refractivity contribution in [3.63, 3.8) is 0 Å². The molecule has 2 fully saturated rings. The Kier molecular flexibility index (Phi) is 11.2. The SMILES string of the molecule is C=CC(=O)N(CCCC)C1CN(C(=O)C2CCCCN2C)CC1Nc1ncc2c(n1)N(C)C(=O)N(c1c(Cl)c(OC)cc(OC)c1Cl)C2. The highest BCUT2D eigenvalue weighted by Crippen LogP contribution is 2.47. The molecule has 260 valence electrons. The van der Waals surface area contributed by atoms with E-state index in [1.165, 1.54) is 30.1 Å². The van der Waals surface area contributed by atoms with Crippen LogP contribution in [0.3, 0.4) is 0 Å². The van der Waals surface area contributed by atoms with Crippen molar-refractivity contribution in [1.29, 1.82) is 0 Å². The van der Waals surface area contributed by atoms with E-state index in [1.54, 1.807) is 24.2 Å². The van der Waals surface area contributed by atoms with Crippen LogP contribution < -0.4 is 24.6 Å². The highest BCUT2D eigenvalue weighted by Gasteiger charge is 2.43. The first-order valence-electron chi connectivity index (χ1n) is 16.2. The molecule has 3 atom stereocenters. The minimum atomic E-state index is -0.416. The van der Waals surface area contributed by atoms with E-state index in [0.29, 0.717) is 42.5 Å². The summed E-state index contributed by atoms with van der Waals surface area (Å²) < 4.78 is 10.8. The number of carbonyl (C=O) groups excluding carboxylic acids is 3. The molecule has 5 rings (SSSR count). The van der Waals surface area contributed by atoms with E-state index in [2.05, 4.69) is 28.7 Å². The second-order valence-corrected chi connectivity index (χ2v) is 13.1. The van der Waals surface area contributed by atoms with Gasteiger partial charge < -0.3 is 24.6 Å². The largest absolute Gasteiger partial charge is 0.495 e. The van der Waals surface area contributed by atoms with E-state index in [1.807, 2.05) is 11.9 Å². The van der Waals surface area contributed by atoms with Crippen LogP contribution in [-0.2, 0) is 16.1 Å². The number of aromatic nitrogens is 2. The summed E-state index contributed by atoms with van der Waals surface area (Å²) in [5.41, 5.74) is 0.906. The highest BCUT2D eigenvalue weighted by molar-refractivity contribution is 6.42. The number of likely N-dealkylation sites (N-methyl/N-ethyl adjacent to an activating group) is 1. The summed E-state index contributed by atoms with van der Waals surface area (Å²) in [6, 6.07) is 0.268. The van der Waals surface area contributed by atoms with Crippen molar-refractivity contribution < 1.29 is 23.9 Å². The monoisotopic (exact) mass is 702 g/mol. The molecule has 3 aliphatic heterocycles. The van der Waals surface area contributed by atoms with Gasteiger partial charge in [0.1, 0.15) is 27.4 Å². The number of ether oxygens (including phenoxy) is 2. The number of methoxy groups -OCH3 is 2. The van der Waals surface area contributed by atoms with Gasteiger partial charge in [-0.25, -0.2) is 9.78 Å². The van der Waals surface area contributed by atoms with Crippen molar-refractivity contribution in [2.75, 3.05) is 69.6 Å². The first-order chi connectivity index (χ1) is 23.0. The van der Waals surface area contributed by atoms with Gasteiger partial charge in [-0.05, 0) is 38.9 Å². The van der Waals surface area contributed by atoms with Crippen LogP contribution in [0, 0.1) is 0 Å². The number of urea groups is 1. The highest BCUT2D eigenvalue weighted by atomic mass is 35.5. The van der Waals surface area contributed by atoms with Crippen molar-refractivity contribution in [2.24, 2.45) is 0 Å². The fourth-order valence-electron chi connectivity index (χ4n) is 6.74. The maximum Gasteiger partial charge on any atom is 0.330 e. The van der Waals surface area contributed by atoms with Gasteiger partial charge in [0, 0.05) is 44.5 Å². The molecule has 4 amide bonds. The number of amides is 4. The van der Waals surface area contributed by atoms with Crippen LogP contribution in [0.15, 0.2) is 24.9 Å². The summed E-state index contributed by atoms with van der Waals surface area (Å²) in [5.74, 6) is 1.18. The molecule has 0 spiro atoms. The molecule has 0 aliphatic carbocycles. The number of unbranched alkanes of at least 4 members (excludes halogenated alkanes) is 1. The number of anilines is 3. The predicted octanol–water partition coefficient (Wildman–Crippen LogP) is 4.67. The summed E-state index contributed by atoms with van der Waals surface area (Å²) in [4.78, 5) is 58.7. The number of piperidine rings is 1. The van der Waals surface area contributed by atoms with E-state index >= 15 is 0 Å². The number of halogens is 2. The molecule has 3 aliphatic rings. The number of likely N-dealkylation sites (tertiary alicyclic amines) is 2. The number of nitrogens with one attached hydrogen (secondary N) is 1. The maximum atomic E-state index is 13.8. The Labute approximate surface area is 291 Å². The summed E-state index contributed by atoms with van der Waals surface area (Å²) in [7, 11) is 6.54. The third kappa shape index (κ3) is 6.85. The second-order valence-electron chi connectivity index (χ2n) is 12.4. The lowest BCUT2D eigenvalue weighted by atomic mass is 10.0. The minimum absolute atomic E-state index is 0.0660. The lowest BCUT2D eigenvalue weighted by Gasteiger charge is -2.35. The van der Waals surface area contributed by atoms with Gasteiger partial charge in [0.2, 0.25) is 17.8 Å². The van der Waals surface area contributed by atoms with Crippen molar-refractivity contribution in [3.05, 3.63) is 40.5 Å². The first kappa shape index (κ1) is 35.5. The van der Waals surface area contributed by atoms with Crippen molar-refractivity contribution in [1.82, 2.24) is 24.7 Å². The molecule has 2 saturated heterocycles. The van der Waals surface area contributed by atoms with Crippen LogP contribution >= 0.6 is 23.2 Å². The Bertz CT molecular complexity index is 1530. The van der Waals surface area contributed by atoms with Gasteiger partial charge in [-0.15, -0.1) is 0 Å². The Balaban J connectivity index is 1.44. The second kappa shape index (κ2) is 15.2. The molecule has 1 aromatic heterocycles. The third-order valence-corrected chi connectivity index (χ3v) is 10.1. The van der Waals surface area contributed by atoms with Gasteiger partial charge in [0.25, 0.3) is 0 Å². The zero-order valence-electron chi connectivity index (χ0n) is 28.2. The number of hydrogen-bond donors (Lipinski definition) is 1. The van der Waals surface area contributed by atoms with E-state index < -0.39 is 6.03 Å². The molecule has 4 heterocycles. The summed E-state index contributed by atoms with van der Waals surface area (Å²) in [6.45, 7) is 8.07. The molecule has 13 nitrogen and oxygen atoms in total. The Morgan fingerprint density at radius 3 is 2.48 bits per heavy atom. The van der Waals surface area contributed by atoms with Crippen molar-refractivity contribution in [3.8, 4) is 11.5 Å². The number of fused-ring (bicyclic) bond motifs is 1. The molecule has 0 radical (unpaired) electrons. The van der Waals surface area contributed by atoms with Crippen LogP contribution in [0.5, 0.6) is 11.5 Å². The first-order valence-corrected chi connectivity index (χ1v) is 17.0. The van der Waals surface area contributed by atoms with Gasteiger partial charge >= 0.3 is 6.03 Å². The zero-order valence-corrected chi connectivity index (χ0v) is 29.7. The normalized spacial score (nSPS) is 21.2. The topological polar surface area (TPSA) is 124 Å². The molecule has 15 heteroatoms. The summed E-state index contributed by atoms with van der Waals surface area (Å²) in [6.07, 6.45) is 7.58. The molecule has 0 saturated carbocycles. The average molecular weight is 704 g/mol. The smallest absolute Gasteiger partial charge is 0.330 e. The Morgan fingerprint density at radius 1 is 1.15 bits per heavy atom. The standard InChI is InChI=1S/C33H44Cl2N8O5/c1-7-9-14-42(26(44)8-2)23-19-41(31(45)22-12-10-11-13-39(22)3)18-21(23)37-32-36-16-20-17-43(33(46)40(4)30(20)38-32)29-27(34)24(47-5)15-25(48-6)28(29)35/h8,15-16,21-23H,2,7,9-14,17-19H2,1,3-6H3,(H,36,37,38). The molecule has 0 bridgehead atoms. The van der Waals surface area contributed by atoms with E-state index in [4.69, 9.17) is 37.7 Å². The quantitative estimate of drug-likeness (QED) is 0.333. The summed E-state index contributed by atoms with van der Waals surface area (Å²) in [5, 5.41) is 3.75. The number of carbonyl (C=O) groups is 3. The van der Waals surface area contributed by atoms with Crippen molar-refractivity contribution in [2.45, 2.75) is 63.7 Å². The molecule has 48 heavy (non-hydrogen) atoms. The lowest BCUT2D eigenvalue weighted by Crippen LogP contribution is -2.50. The molecular formula is C33H44Cl2N8O5. The zero-order chi connectivity index (χ0) is 34.7. The number of nitrogens with zero attached hydrogens (tertiary/aromatic N) is 7. The Morgan fingerprint density at radius 2 is 1.85 bits per heavy atom. The number of benzene rings is 1. The van der Waals surface area contributed by atoms with Crippen LogP contribution in [0.2, 0.25) is 10.0 Å².